The van der Waals surface area contributed by atoms with Crippen molar-refractivity contribution in [3.63, 3.8) is 0 Å². The molecule has 2 aliphatic rings. The van der Waals surface area contributed by atoms with E-state index in [2.05, 4.69) is 4.98 Å². The standard InChI is InChI=1S/C18H22BF3N2O3/c1-16(2)9-26-19(27-10-16)12-4-13(18(20,21)22)15-23-14(8-24(15)7-12)11-5-17(3,25)6-11/h4,7-8,11,25H,5-6,9-10H2,1-3H3. The van der Waals surface area contributed by atoms with Gasteiger partial charge in [0.05, 0.1) is 16.9 Å². The number of alkyl halides is 3. The van der Waals surface area contributed by atoms with Gasteiger partial charge in [0.2, 0.25) is 0 Å². The second-order valence-electron chi connectivity index (χ2n) is 8.80. The number of pyridine rings is 1. The van der Waals surface area contributed by atoms with Crippen LogP contribution >= 0.6 is 0 Å². The lowest BCUT2D eigenvalue weighted by atomic mass is 9.71. The molecule has 0 bridgehead atoms. The summed E-state index contributed by atoms with van der Waals surface area (Å²) < 4.78 is 53.6. The Morgan fingerprint density at radius 3 is 2.37 bits per heavy atom. The summed E-state index contributed by atoms with van der Waals surface area (Å²) in [6, 6.07) is 1.06. The first-order valence-electron chi connectivity index (χ1n) is 8.99. The van der Waals surface area contributed by atoms with E-state index < -0.39 is 24.5 Å². The molecule has 1 aliphatic heterocycles. The van der Waals surface area contributed by atoms with Gasteiger partial charge < -0.3 is 18.8 Å². The smallest absolute Gasteiger partial charge is 0.407 e. The van der Waals surface area contributed by atoms with Gasteiger partial charge in [0.15, 0.2) is 0 Å². The fourth-order valence-corrected chi connectivity index (χ4v) is 3.77. The first-order valence-corrected chi connectivity index (χ1v) is 8.99. The van der Waals surface area contributed by atoms with Crippen molar-refractivity contribution in [2.24, 2.45) is 5.41 Å². The highest BCUT2D eigenvalue weighted by molar-refractivity contribution is 6.61. The molecule has 1 N–H and O–H groups in total. The maximum Gasteiger partial charge on any atom is 0.495 e. The Morgan fingerprint density at radius 1 is 1.19 bits per heavy atom. The molecule has 146 valence electrons. The third kappa shape index (κ3) is 3.60. The summed E-state index contributed by atoms with van der Waals surface area (Å²) in [5.74, 6) is -0.0348. The molecule has 9 heteroatoms. The minimum absolute atomic E-state index is 0.0348. The number of fused-ring (bicyclic) bond motifs is 1. The molecule has 27 heavy (non-hydrogen) atoms. The average molecular weight is 382 g/mol. The van der Waals surface area contributed by atoms with Crippen LogP contribution in [0.1, 0.15) is 50.8 Å². The summed E-state index contributed by atoms with van der Waals surface area (Å²) in [4.78, 5) is 4.23. The van der Waals surface area contributed by atoms with E-state index >= 15 is 0 Å². The number of nitrogens with zero attached hydrogens (tertiary/aromatic N) is 2. The van der Waals surface area contributed by atoms with E-state index in [-0.39, 0.29) is 17.0 Å². The Balaban J connectivity index is 1.72. The first-order chi connectivity index (χ1) is 12.4. The molecular formula is C18H22BF3N2O3. The Kier molecular flexibility index (Phi) is 4.14. The van der Waals surface area contributed by atoms with Crippen LogP contribution in [-0.2, 0) is 15.5 Å². The van der Waals surface area contributed by atoms with Crippen molar-refractivity contribution in [1.82, 2.24) is 9.38 Å². The van der Waals surface area contributed by atoms with Crippen LogP contribution in [0.5, 0.6) is 0 Å². The molecule has 0 radical (unpaired) electrons. The zero-order chi connectivity index (χ0) is 19.6. The molecule has 2 aromatic heterocycles. The van der Waals surface area contributed by atoms with Gasteiger partial charge in [-0.05, 0) is 31.3 Å². The topological polar surface area (TPSA) is 56.0 Å². The molecule has 0 spiro atoms. The molecule has 0 aromatic carbocycles. The van der Waals surface area contributed by atoms with Crippen LogP contribution in [0, 0.1) is 5.41 Å². The number of halogens is 3. The van der Waals surface area contributed by atoms with Crippen molar-refractivity contribution in [1.29, 1.82) is 0 Å². The van der Waals surface area contributed by atoms with Crippen molar-refractivity contribution in [3.8, 4) is 0 Å². The summed E-state index contributed by atoms with van der Waals surface area (Å²) >= 11 is 0. The van der Waals surface area contributed by atoms with Crippen LogP contribution in [0.25, 0.3) is 5.65 Å². The third-order valence-electron chi connectivity index (χ3n) is 5.21. The molecule has 5 nitrogen and oxygen atoms in total. The van der Waals surface area contributed by atoms with E-state index in [4.69, 9.17) is 9.31 Å². The Labute approximate surface area is 155 Å². The van der Waals surface area contributed by atoms with Gasteiger partial charge in [-0.15, -0.1) is 0 Å². The van der Waals surface area contributed by atoms with Crippen molar-refractivity contribution in [2.75, 3.05) is 13.2 Å². The quantitative estimate of drug-likeness (QED) is 0.812. The average Bonchev–Trinajstić information content (AvgIpc) is 2.94. The van der Waals surface area contributed by atoms with Gasteiger partial charge in [0, 0.05) is 36.9 Å². The Hall–Kier alpha value is -1.58. The van der Waals surface area contributed by atoms with Crippen LogP contribution in [0.15, 0.2) is 18.5 Å². The Morgan fingerprint density at radius 2 is 1.81 bits per heavy atom. The molecular weight excluding hydrogens is 360 g/mol. The molecule has 0 atom stereocenters. The summed E-state index contributed by atoms with van der Waals surface area (Å²) in [6.07, 6.45) is -0.357. The van der Waals surface area contributed by atoms with E-state index in [1.807, 2.05) is 13.8 Å². The summed E-state index contributed by atoms with van der Waals surface area (Å²) in [5.41, 5.74) is -1.00. The number of aliphatic hydroxyl groups is 1. The fourth-order valence-electron chi connectivity index (χ4n) is 3.77. The normalized spacial score (nSPS) is 28.4. The molecule has 0 unspecified atom stereocenters. The summed E-state index contributed by atoms with van der Waals surface area (Å²) in [7, 11) is -0.834. The van der Waals surface area contributed by atoms with Crippen molar-refractivity contribution >= 4 is 18.2 Å². The highest BCUT2D eigenvalue weighted by Crippen LogP contribution is 2.44. The molecule has 1 saturated heterocycles. The highest BCUT2D eigenvalue weighted by atomic mass is 19.4. The molecule has 1 saturated carbocycles. The van der Waals surface area contributed by atoms with E-state index in [9.17, 15) is 18.3 Å². The lowest BCUT2D eigenvalue weighted by Crippen LogP contribution is -2.47. The van der Waals surface area contributed by atoms with Gasteiger partial charge in [0.1, 0.15) is 5.65 Å². The van der Waals surface area contributed by atoms with Crippen LogP contribution in [0.4, 0.5) is 13.2 Å². The van der Waals surface area contributed by atoms with Gasteiger partial charge in [0.25, 0.3) is 0 Å². The highest BCUT2D eigenvalue weighted by Gasteiger charge is 2.42. The number of imidazole rings is 1. The monoisotopic (exact) mass is 382 g/mol. The van der Waals surface area contributed by atoms with Gasteiger partial charge in [-0.2, -0.15) is 13.2 Å². The molecule has 4 rings (SSSR count). The van der Waals surface area contributed by atoms with Crippen molar-refractivity contribution < 1.29 is 27.6 Å². The minimum atomic E-state index is -4.54. The zero-order valence-electron chi connectivity index (χ0n) is 15.5. The molecule has 1 aliphatic carbocycles. The van der Waals surface area contributed by atoms with Crippen LogP contribution in [0.2, 0.25) is 0 Å². The van der Waals surface area contributed by atoms with Crippen LogP contribution in [0.3, 0.4) is 0 Å². The molecule has 0 amide bonds. The van der Waals surface area contributed by atoms with Gasteiger partial charge in [-0.3, -0.25) is 0 Å². The first kappa shape index (κ1) is 18.8. The zero-order valence-corrected chi connectivity index (χ0v) is 15.5. The van der Waals surface area contributed by atoms with E-state index in [1.165, 1.54) is 4.40 Å². The van der Waals surface area contributed by atoms with Gasteiger partial charge in [-0.25, -0.2) is 4.98 Å². The largest absolute Gasteiger partial charge is 0.495 e. The number of hydrogen-bond donors (Lipinski definition) is 1. The maximum absolute atomic E-state index is 13.6. The van der Waals surface area contributed by atoms with E-state index in [0.29, 0.717) is 37.2 Å². The predicted molar refractivity (Wildman–Crippen MR) is 93.9 cm³/mol. The van der Waals surface area contributed by atoms with Crippen LogP contribution in [-0.4, -0.2) is 40.4 Å². The number of rotatable bonds is 2. The van der Waals surface area contributed by atoms with Crippen molar-refractivity contribution in [3.05, 3.63) is 29.7 Å². The van der Waals surface area contributed by atoms with Crippen LogP contribution < -0.4 is 5.46 Å². The molecule has 2 aromatic rings. The summed E-state index contributed by atoms with van der Waals surface area (Å²) in [6.45, 7) is 6.48. The fraction of sp³-hybridized carbons (Fsp3) is 0.611. The predicted octanol–water partition coefficient (Wildman–Crippen LogP) is 2.75. The van der Waals surface area contributed by atoms with Gasteiger partial charge in [-0.1, -0.05) is 13.8 Å². The number of hydrogen-bond acceptors (Lipinski definition) is 4. The third-order valence-corrected chi connectivity index (χ3v) is 5.21. The lowest BCUT2D eigenvalue weighted by molar-refractivity contribution is -0.136. The van der Waals surface area contributed by atoms with Crippen molar-refractivity contribution in [2.45, 2.75) is 51.3 Å². The maximum atomic E-state index is 13.6. The molecule has 2 fully saturated rings. The SMILES string of the molecule is CC1(C)COB(c2cc(C(F)(F)F)c3nc(C4CC(C)(O)C4)cn3c2)OC1. The minimum Gasteiger partial charge on any atom is -0.407 e. The number of aromatic nitrogens is 2. The van der Waals surface area contributed by atoms with E-state index in [0.717, 1.165) is 6.07 Å². The second-order valence-corrected chi connectivity index (χ2v) is 8.80. The van der Waals surface area contributed by atoms with E-state index in [1.54, 1.807) is 19.3 Å². The Bertz CT molecular complexity index is 861. The summed E-state index contributed by atoms with van der Waals surface area (Å²) in [5, 5.41) is 9.91. The molecule has 3 heterocycles. The second kappa shape index (κ2) is 5.96. The van der Waals surface area contributed by atoms with Gasteiger partial charge >= 0.3 is 13.3 Å². The lowest BCUT2D eigenvalue weighted by Gasteiger charge is -2.39.